The van der Waals surface area contributed by atoms with Gasteiger partial charge in [0.25, 0.3) is 5.91 Å². The minimum Gasteiger partial charge on any atom is -0.492 e. The maximum Gasteiger partial charge on any atom is 0.258 e. The zero-order chi connectivity index (χ0) is 19.3. The van der Waals surface area contributed by atoms with Gasteiger partial charge in [-0.1, -0.05) is 0 Å². The van der Waals surface area contributed by atoms with Crippen LogP contribution in [0, 0.1) is 6.92 Å². The standard InChI is InChI=1S/C20H22N6O2/c1-13-10-21-18(3-2-8-28-12-19(27)23-15-4-5-15)25-20(13)24-16-6-7-17-14(9-16)11-22-26-17/h2,6-11,15H,3-5,12H2,1H3,(H,22,26)(H,23,27)(H,21,24,25)/b8-2+. The summed E-state index contributed by atoms with van der Waals surface area (Å²) in [5.41, 5.74) is 2.87. The van der Waals surface area contributed by atoms with Gasteiger partial charge in [-0.3, -0.25) is 9.89 Å². The molecule has 1 aliphatic rings. The number of hydrogen-bond acceptors (Lipinski definition) is 6. The number of carbonyl (C=O) groups is 1. The Labute approximate surface area is 162 Å². The maximum atomic E-state index is 11.5. The van der Waals surface area contributed by atoms with Crippen LogP contribution in [0.25, 0.3) is 10.9 Å². The molecule has 1 saturated carbocycles. The molecule has 28 heavy (non-hydrogen) atoms. The van der Waals surface area contributed by atoms with Gasteiger partial charge in [0.1, 0.15) is 11.6 Å². The predicted molar refractivity (Wildman–Crippen MR) is 106 cm³/mol. The second-order valence-corrected chi connectivity index (χ2v) is 6.84. The van der Waals surface area contributed by atoms with Crippen molar-refractivity contribution in [2.75, 3.05) is 11.9 Å². The van der Waals surface area contributed by atoms with Crippen LogP contribution in [-0.4, -0.2) is 38.7 Å². The quantitative estimate of drug-likeness (QED) is 0.521. The fraction of sp³-hybridized carbons (Fsp3) is 0.300. The molecule has 0 saturated heterocycles. The Balaban J connectivity index is 1.33. The first-order valence-corrected chi connectivity index (χ1v) is 9.26. The third kappa shape index (κ3) is 4.64. The van der Waals surface area contributed by atoms with Crippen LogP contribution >= 0.6 is 0 Å². The summed E-state index contributed by atoms with van der Waals surface area (Å²) < 4.78 is 5.26. The molecule has 8 heteroatoms. The van der Waals surface area contributed by atoms with Crippen molar-refractivity contribution in [1.82, 2.24) is 25.5 Å². The van der Waals surface area contributed by atoms with Gasteiger partial charge in [0.05, 0.1) is 18.0 Å². The van der Waals surface area contributed by atoms with Gasteiger partial charge in [0.2, 0.25) is 0 Å². The maximum absolute atomic E-state index is 11.5. The van der Waals surface area contributed by atoms with E-state index in [1.807, 2.05) is 25.1 Å². The van der Waals surface area contributed by atoms with Crippen molar-refractivity contribution >= 4 is 28.3 Å². The number of amides is 1. The average Bonchev–Trinajstić information content (AvgIpc) is 3.37. The second-order valence-electron chi connectivity index (χ2n) is 6.84. The topological polar surface area (TPSA) is 105 Å². The number of hydrogen-bond donors (Lipinski definition) is 3. The number of benzene rings is 1. The number of fused-ring (bicyclic) bond motifs is 1. The first kappa shape index (κ1) is 18.0. The number of nitrogens with zero attached hydrogens (tertiary/aromatic N) is 3. The molecule has 1 aliphatic carbocycles. The van der Waals surface area contributed by atoms with Crippen molar-refractivity contribution in [1.29, 1.82) is 0 Å². The molecular weight excluding hydrogens is 356 g/mol. The van der Waals surface area contributed by atoms with Gasteiger partial charge in [-0.05, 0) is 44.0 Å². The third-order valence-corrected chi connectivity index (χ3v) is 4.37. The smallest absolute Gasteiger partial charge is 0.258 e. The molecule has 0 unspecified atom stereocenters. The van der Waals surface area contributed by atoms with Gasteiger partial charge in [-0.2, -0.15) is 5.10 Å². The van der Waals surface area contributed by atoms with E-state index in [0.717, 1.165) is 40.8 Å². The van der Waals surface area contributed by atoms with E-state index in [4.69, 9.17) is 4.74 Å². The highest BCUT2D eigenvalue weighted by Gasteiger charge is 2.22. The van der Waals surface area contributed by atoms with Crippen molar-refractivity contribution in [2.45, 2.75) is 32.2 Å². The van der Waals surface area contributed by atoms with E-state index in [1.165, 1.54) is 6.26 Å². The molecule has 1 amide bonds. The summed E-state index contributed by atoms with van der Waals surface area (Å²) in [6.45, 7) is 1.99. The number of anilines is 2. The summed E-state index contributed by atoms with van der Waals surface area (Å²) in [4.78, 5) is 20.5. The van der Waals surface area contributed by atoms with Crippen LogP contribution < -0.4 is 10.6 Å². The van der Waals surface area contributed by atoms with Crippen molar-refractivity contribution in [2.24, 2.45) is 0 Å². The zero-order valence-corrected chi connectivity index (χ0v) is 15.6. The monoisotopic (exact) mass is 378 g/mol. The molecule has 0 radical (unpaired) electrons. The largest absolute Gasteiger partial charge is 0.492 e. The van der Waals surface area contributed by atoms with Crippen molar-refractivity contribution in [3.8, 4) is 0 Å². The minimum atomic E-state index is -0.0835. The van der Waals surface area contributed by atoms with Crippen LogP contribution in [0.4, 0.5) is 11.5 Å². The average molecular weight is 378 g/mol. The lowest BCUT2D eigenvalue weighted by molar-refractivity contribution is -0.124. The minimum absolute atomic E-state index is 0.0328. The summed E-state index contributed by atoms with van der Waals surface area (Å²) in [6.07, 6.45) is 9.55. The van der Waals surface area contributed by atoms with Gasteiger partial charge in [-0.25, -0.2) is 9.97 Å². The Kier molecular flexibility index (Phi) is 5.18. The Morgan fingerprint density at radius 3 is 3.11 bits per heavy atom. The van der Waals surface area contributed by atoms with Gasteiger partial charge < -0.3 is 15.4 Å². The summed E-state index contributed by atoms with van der Waals surface area (Å²) in [6, 6.07) is 6.31. The molecule has 0 spiro atoms. The van der Waals surface area contributed by atoms with E-state index in [1.54, 1.807) is 18.5 Å². The highest BCUT2D eigenvalue weighted by atomic mass is 16.5. The lowest BCUT2D eigenvalue weighted by Crippen LogP contribution is -2.28. The van der Waals surface area contributed by atoms with E-state index in [2.05, 4.69) is 30.8 Å². The van der Waals surface area contributed by atoms with Crippen LogP contribution in [0.5, 0.6) is 0 Å². The third-order valence-electron chi connectivity index (χ3n) is 4.37. The van der Waals surface area contributed by atoms with Crippen LogP contribution in [0.3, 0.4) is 0 Å². The second kappa shape index (κ2) is 8.08. The Hall–Kier alpha value is -3.42. The first-order valence-electron chi connectivity index (χ1n) is 9.26. The van der Waals surface area contributed by atoms with Crippen molar-refractivity contribution in [3.63, 3.8) is 0 Å². The lowest BCUT2D eigenvalue weighted by Gasteiger charge is -2.09. The molecule has 8 nitrogen and oxygen atoms in total. The number of nitrogens with one attached hydrogen (secondary N) is 3. The summed E-state index contributed by atoms with van der Waals surface area (Å²) in [5.74, 6) is 1.34. The molecule has 0 bridgehead atoms. The summed E-state index contributed by atoms with van der Waals surface area (Å²) in [5, 5.41) is 14.2. The normalized spacial score (nSPS) is 13.8. The van der Waals surface area contributed by atoms with Gasteiger partial charge in [-0.15, -0.1) is 0 Å². The zero-order valence-electron chi connectivity index (χ0n) is 15.6. The van der Waals surface area contributed by atoms with Gasteiger partial charge in [0, 0.05) is 35.3 Å². The number of rotatable bonds is 8. The molecule has 0 aliphatic heterocycles. The molecule has 2 aromatic heterocycles. The highest BCUT2D eigenvalue weighted by Crippen LogP contribution is 2.22. The molecule has 1 aromatic carbocycles. The number of ether oxygens (including phenoxy) is 1. The van der Waals surface area contributed by atoms with Crippen molar-refractivity contribution < 1.29 is 9.53 Å². The number of H-pyrrole nitrogens is 1. The predicted octanol–water partition coefficient (Wildman–Crippen LogP) is 2.76. The number of aromatic nitrogens is 4. The molecule has 0 atom stereocenters. The van der Waals surface area contributed by atoms with E-state index in [0.29, 0.717) is 18.3 Å². The lowest BCUT2D eigenvalue weighted by atomic mass is 10.2. The highest BCUT2D eigenvalue weighted by molar-refractivity contribution is 5.82. The molecule has 3 N–H and O–H groups in total. The van der Waals surface area contributed by atoms with Crippen LogP contribution in [0.2, 0.25) is 0 Å². The van der Waals surface area contributed by atoms with E-state index >= 15 is 0 Å². The molecule has 144 valence electrons. The number of allylic oxidation sites excluding steroid dienone is 1. The van der Waals surface area contributed by atoms with E-state index in [-0.39, 0.29) is 12.5 Å². The van der Waals surface area contributed by atoms with E-state index < -0.39 is 0 Å². The first-order chi connectivity index (χ1) is 13.7. The molecule has 1 fully saturated rings. The Morgan fingerprint density at radius 1 is 1.36 bits per heavy atom. The Bertz CT molecular complexity index is 1010. The molecule has 3 aromatic rings. The van der Waals surface area contributed by atoms with Crippen LogP contribution in [-0.2, 0) is 16.0 Å². The molecule has 2 heterocycles. The fourth-order valence-electron chi connectivity index (χ4n) is 2.70. The summed E-state index contributed by atoms with van der Waals surface area (Å²) in [7, 11) is 0. The summed E-state index contributed by atoms with van der Waals surface area (Å²) >= 11 is 0. The SMILES string of the molecule is Cc1cnc(C/C=C/OCC(=O)NC2CC2)nc1Nc1ccc2[nH]ncc2c1. The Morgan fingerprint density at radius 2 is 2.25 bits per heavy atom. The molecule has 4 rings (SSSR count). The molecular formula is C20H22N6O2. The van der Waals surface area contributed by atoms with Crippen LogP contribution in [0.1, 0.15) is 24.2 Å². The number of aromatic amines is 1. The van der Waals surface area contributed by atoms with Gasteiger partial charge >= 0.3 is 0 Å². The van der Waals surface area contributed by atoms with Gasteiger partial charge in [0.15, 0.2) is 6.61 Å². The van der Waals surface area contributed by atoms with Crippen molar-refractivity contribution in [3.05, 3.63) is 54.3 Å². The number of aryl methyl sites for hydroxylation is 1. The van der Waals surface area contributed by atoms with Crippen LogP contribution in [0.15, 0.2) is 42.9 Å². The fourth-order valence-corrected chi connectivity index (χ4v) is 2.70. The van der Waals surface area contributed by atoms with E-state index in [9.17, 15) is 4.79 Å². The number of carbonyl (C=O) groups excluding carboxylic acids is 1.